The molecule has 31 heavy (non-hydrogen) atoms. The second-order valence-corrected chi connectivity index (χ2v) is 10.1. The zero-order valence-corrected chi connectivity index (χ0v) is 18.7. The highest BCUT2D eigenvalue weighted by Crippen LogP contribution is 2.26. The van der Waals surface area contributed by atoms with Crippen LogP contribution in [0.25, 0.3) is 0 Å². The van der Waals surface area contributed by atoms with Gasteiger partial charge in [0.1, 0.15) is 4.90 Å². The van der Waals surface area contributed by atoms with Gasteiger partial charge < -0.3 is 10.6 Å². The summed E-state index contributed by atoms with van der Waals surface area (Å²) in [6, 6.07) is 1.86. The summed E-state index contributed by atoms with van der Waals surface area (Å²) in [5.74, 6) is -0.110. The minimum Gasteiger partial charge on any atom is -0.381 e. The molecule has 172 valence electrons. The molecule has 2 fully saturated rings. The van der Waals surface area contributed by atoms with E-state index in [1.807, 2.05) is 0 Å². The molecule has 2 saturated carbocycles. The van der Waals surface area contributed by atoms with Gasteiger partial charge in [0.05, 0.1) is 10.6 Å². The molecule has 0 atom stereocenters. The fourth-order valence-electron chi connectivity index (χ4n) is 4.40. The van der Waals surface area contributed by atoms with Crippen LogP contribution in [0.3, 0.4) is 0 Å². The number of anilines is 1. The fourth-order valence-corrected chi connectivity index (χ4v) is 5.53. The van der Waals surface area contributed by atoms with E-state index in [-0.39, 0.29) is 22.8 Å². The van der Waals surface area contributed by atoms with Crippen LogP contribution < -0.4 is 15.4 Å². The van der Waals surface area contributed by atoms with E-state index in [1.165, 1.54) is 19.0 Å². The van der Waals surface area contributed by atoms with Crippen molar-refractivity contribution in [1.29, 1.82) is 0 Å². The molecule has 0 radical (unpaired) electrons. The molecule has 0 spiro atoms. The lowest BCUT2D eigenvalue weighted by Gasteiger charge is -2.22. The molecule has 2 aliphatic carbocycles. The second kappa shape index (κ2) is 11.3. The lowest BCUT2D eigenvalue weighted by Crippen LogP contribution is -2.38. The molecule has 0 aliphatic heterocycles. The van der Waals surface area contributed by atoms with Crippen LogP contribution in [0.5, 0.6) is 0 Å². The first-order chi connectivity index (χ1) is 14.9. The van der Waals surface area contributed by atoms with Gasteiger partial charge in [-0.1, -0.05) is 51.4 Å². The van der Waals surface area contributed by atoms with Gasteiger partial charge in [0.25, 0.3) is 16.2 Å². The van der Waals surface area contributed by atoms with Gasteiger partial charge in [-0.3, -0.25) is 19.8 Å². The molecule has 3 N–H and O–H groups in total. The van der Waals surface area contributed by atoms with Crippen molar-refractivity contribution in [1.82, 2.24) is 15.0 Å². The highest BCUT2D eigenvalue weighted by Gasteiger charge is 2.24. The van der Waals surface area contributed by atoms with Crippen molar-refractivity contribution in [3.63, 3.8) is 0 Å². The molecule has 0 aromatic carbocycles. The van der Waals surface area contributed by atoms with Crippen molar-refractivity contribution in [2.75, 3.05) is 5.32 Å². The van der Waals surface area contributed by atoms with Gasteiger partial charge in [-0.25, -0.2) is 8.42 Å². The van der Waals surface area contributed by atoms with Crippen molar-refractivity contribution in [2.45, 2.75) is 94.0 Å². The Morgan fingerprint density at radius 1 is 1.00 bits per heavy atom. The first-order valence-corrected chi connectivity index (χ1v) is 12.8. The standard InChI is InChI=1S/C21H33N5O4S/c27-26(28)16-21(24-18-11-7-3-4-8-12-18)25-31(29,30)20-15-22-14-13-19(20)23-17-9-5-1-2-6-10-17/h13-18,24-25H,1-12H2,(H,22,23)/b21-16-. The zero-order valence-electron chi connectivity index (χ0n) is 17.9. The van der Waals surface area contributed by atoms with E-state index < -0.39 is 14.9 Å². The molecule has 3 rings (SSSR count). The Bertz CT molecular complexity index is 858. The van der Waals surface area contributed by atoms with Crippen LogP contribution in [0.2, 0.25) is 0 Å². The molecule has 0 unspecified atom stereocenters. The Labute approximate surface area is 184 Å². The fraction of sp³-hybridized carbons (Fsp3) is 0.667. The predicted molar refractivity (Wildman–Crippen MR) is 119 cm³/mol. The third-order valence-corrected chi connectivity index (χ3v) is 7.38. The van der Waals surface area contributed by atoms with E-state index in [1.54, 1.807) is 12.3 Å². The molecule has 2 aliphatic rings. The Balaban J connectivity index is 1.77. The van der Waals surface area contributed by atoms with E-state index in [0.717, 1.165) is 64.2 Å². The quantitative estimate of drug-likeness (QED) is 0.311. The zero-order chi connectivity index (χ0) is 22.1. The number of nitrogens with zero attached hydrogens (tertiary/aromatic N) is 2. The number of nitrogens with one attached hydrogen (secondary N) is 3. The highest BCUT2D eigenvalue weighted by molar-refractivity contribution is 7.89. The molecule has 1 aromatic heterocycles. The van der Waals surface area contributed by atoms with Gasteiger partial charge in [0, 0.05) is 24.5 Å². The maximum atomic E-state index is 13.2. The molecule has 0 bridgehead atoms. The van der Waals surface area contributed by atoms with Crippen LogP contribution in [0.15, 0.2) is 35.4 Å². The number of aromatic nitrogens is 1. The summed E-state index contributed by atoms with van der Waals surface area (Å²) in [6.45, 7) is 0. The van der Waals surface area contributed by atoms with Crippen LogP contribution in [-0.2, 0) is 10.0 Å². The maximum Gasteiger partial charge on any atom is 0.275 e. The minimum absolute atomic E-state index is 0.00355. The summed E-state index contributed by atoms with van der Waals surface area (Å²) in [7, 11) is -4.07. The summed E-state index contributed by atoms with van der Waals surface area (Å²) >= 11 is 0. The third-order valence-electron chi connectivity index (χ3n) is 5.98. The first kappa shape index (κ1) is 23.3. The molecule has 9 nitrogen and oxygen atoms in total. The normalized spacial score (nSPS) is 19.8. The first-order valence-electron chi connectivity index (χ1n) is 11.3. The van der Waals surface area contributed by atoms with E-state index in [4.69, 9.17) is 0 Å². The highest BCUT2D eigenvalue weighted by atomic mass is 32.2. The summed E-state index contributed by atoms with van der Waals surface area (Å²) in [5, 5.41) is 17.6. The van der Waals surface area contributed by atoms with Crippen molar-refractivity contribution >= 4 is 15.7 Å². The van der Waals surface area contributed by atoms with Crippen molar-refractivity contribution in [3.8, 4) is 0 Å². The van der Waals surface area contributed by atoms with Crippen LogP contribution in [0.1, 0.15) is 77.0 Å². The van der Waals surface area contributed by atoms with Gasteiger partial charge >= 0.3 is 0 Å². The van der Waals surface area contributed by atoms with E-state index in [2.05, 4.69) is 20.3 Å². The number of pyridine rings is 1. The SMILES string of the molecule is O=[N+]([O-])/C=C(/NC1CCCCCC1)NS(=O)(=O)c1cnccc1NC1CCCCCC1. The Hall–Kier alpha value is -2.36. The van der Waals surface area contributed by atoms with Crippen LogP contribution in [0, 0.1) is 10.1 Å². The Kier molecular flexibility index (Phi) is 8.51. The number of nitro groups is 1. The van der Waals surface area contributed by atoms with Gasteiger partial charge in [0.15, 0.2) is 5.82 Å². The number of rotatable bonds is 8. The largest absolute Gasteiger partial charge is 0.381 e. The van der Waals surface area contributed by atoms with Crippen LogP contribution in [0.4, 0.5) is 5.69 Å². The molecule has 1 heterocycles. The molecule has 10 heteroatoms. The average Bonchev–Trinajstić information content (AvgIpc) is 3.12. The van der Waals surface area contributed by atoms with Crippen molar-refractivity contribution in [2.24, 2.45) is 0 Å². The van der Waals surface area contributed by atoms with Gasteiger partial charge in [-0.15, -0.1) is 0 Å². The van der Waals surface area contributed by atoms with E-state index >= 15 is 0 Å². The smallest absolute Gasteiger partial charge is 0.275 e. The summed E-state index contributed by atoms with van der Waals surface area (Å²) in [5.41, 5.74) is 0.476. The molecular weight excluding hydrogens is 418 g/mol. The third kappa shape index (κ3) is 7.37. The van der Waals surface area contributed by atoms with E-state index in [0.29, 0.717) is 11.9 Å². The molecule has 0 amide bonds. The predicted octanol–water partition coefficient (Wildman–Crippen LogP) is 3.88. The number of hydrogen-bond donors (Lipinski definition) is 3. The van der Waals surface area contributed by atoms with Gasteiger partial charge in [-0.2, -0.15) is 0 Å². The summed E-state index contributed by atoms with van der Waals surface area (Å²) in [6.07, 6.45) is 16.2. The Morgan fingerprint density at radius 3 is 2.16 bits per heavy atom. The van der Waals surface area contributed by atoms with Crippen molar-refractivity contribution in [3.05, 3.63) is 40.6 Å². The number of hydrogen-bond acceptors (Lipinski definition) is 7. The van der Waals surface area contributed by atoms with Crippen LogP contribution in [-0.4, -0.2) is 30.4 Å². The van der Waals surface area contributed by atoms with E-state index in [9.17, 15) is 18.5 Å². The lowest BCUT2D eigenvalue weighted by atomic mass is 10.1. The molecule has 0 saturated heterocycles. The topological polar surface area (TPSA) is 126 Å². The Morgan fingerprint density at radius 2 is 1.58 bits per heavy atom. The average molecular weight is 452 g/mol. The summed E-state index contributed by atoms with van der Waals surface area (Å²) in [4.78, 5) is 14.5. The van der Waals surface area contributed by atoms with Gasteiger partial charge in [-0.05, 0) is 31.7 Å². The second-order valence-electron chi connectivity index (χ2n) is 8.47. The summed E-state index contributed by atoms with van der Waals surface area (Å²) < 4.78 is 28.7. The lowest BCUT2D eigenvalue weighted by molar-refractivity contribution is -0.404. The number of sulfonamides is 1. The van der Waals surface area contributed by atoms with Gasteiger partial charge in [0.2, 0.25) is 0 Å². The maximum absolute atomic E-state index is 13.2. The molecule has 1 aromatic rings. The van der Waals surface area contributed by atoms with Crippen LogP contribution >= 0.6 is 0 Å². The minimum atomic E-state index is -4.07. The van der Waals surface area contributed by atoms with Crippen molar-refractivity contribution < 1.29 is 13.3 Å². The monoisotopic (exact) mass is 451 g/mol. The molecular formula is C21H33N5O4S.